The van der Waals surface area contributed by atoms with Crippen LogP contribution in [-0.2, 0) is 16.1 Å². The molecule has 5 nitrogen and oxygen atoms in total. The van der Waals surface area contributed by atoms with Crippen molar-refractivity contribution in [3.63, 3.8) is 0 Å². The fourth-order valence-corrected chi connectivity index (χ4v) is 4.74. The van der Waals surface area contributed by atoms with E-state index < -0.39 is 6.04 Å². The first-order valence-corrected chi connectivity index (χ1v) is 10.9. The molecule has 2 amide bonds. The summed E-state index contributed by atoms with van der Waals surface area (Å²) in [7, 11) is 1.61. The number of nitrogens with zero attached hydrogens (tertiary/aromatic N) is 2. The van der Waals surface area contributed by atoms with E-state index in [1.54, 1.807) is 12.0 Å². The Morgan fingerprint density at radius 1 is 1.00 bits per heavy atom. The summed E-state index contributed by atoms with van der Waals surface area (Å²) in [5.74, 6) is 0.676. The molecule has 1 aliphatic heterocycles. The average molecular weight is 427 g/mol. The van der Waals surface area contributed by atoms with Gasteiger partial charge in [0.2, 0.25) is 5.91 Å². The van der Waals surface area contributed by atoms with Crippen molar-refractivity contribution >= 4 is 23.4 Å². The van der Waals surface area contributed by atoms with Crippen molar-refractivity contribution < 1.29 is 14.3 Å². The zero-order valence-corrected chi connectivity index (χ0v) is 18.0. The van der Waals surface area contributed by atoms with Crippen LogP contribution < -0.4 is 4.74 Å². The van der Waals surface area contributed by atoms with E-state index in [-0.39, 0.29) is 24.4 Å². The zero-order valence-electron chi connectivity index (χ0n) is 17.2. The molecule has 0 bridgehead atoms. The second-order valence-electron chi connectivity index (χ2n) is 8.05. The third kappa shape index (κ3) is 4.17. The molecule has 2 aromatic rings. The van der Waals surface area contributed by atoms with E-state index in [0.29, 0.717) is 11.6 Å². The van der Waals surface area contributed by atoms with Crippen molar-refractivity contribution in [2.24, 2.45) is 0 Å². The molecule has 1 aliphatic carbocycles. The summed E-state index contributed by atoms with van der Waals surface area (Å²) >= 11 is 6.36. The van der Waals surface area contributed by atoms with E-state index >= 15 is 0 Å². The molecular formula is C24H27ClN2O3. The van der Waals surface area contributed by atoms with Gasteiger partial charge in [0.05, 0.1) is 7.11 Å². The summed E-state index contributed by atoms with van der Waals surface area (Å²) in [5, 5.41) is 0.598. The van der Waals surface area contributed by atoms with Gasteiger partial charge in [0.25, 0.3) is 5.91 Å². The van der Waals surface area contributed by atoms with E-state index in [2.05, 4.69) is 0 Å². The number of carbonyl (C=O) groups is 2. The third-order valence-electron chi connectivity index (χ3n) is 6.20. The molecule has 6 heteroatoms. The van der Waals surface area contributed by atoms with E-state index in [1.807, 2.05) is 53.4 Å². The number of amides is 2. The van der Waals surface area contributed by atoms with Gasteiger partial charge in [-0.15, -0.1) is 0 Å². The van der Waals surface area contributed by atoms with Crippen molar-refractivity contribution in [3.8, 4) is 5.75 Å². The van der Waals surface area contributed by atoms with E-state index in [0.717, 1.165) is 42.6 Å². The van der Waals surface area contributed by atoms with Crippen LogP contribution in [0.4, 0.5) is 0 Å². The quantitative estimate of drug-likeness (QED) is 0.702. The first kappa shape index (κ1) is 20.7. The van der Waals surface area contributed by atoms with Crippen LogP contribution in [0.5, 0.6) is 5.75 Å². The number of ether oxygens (including phenoxy) is 1. The van der Waals surface area contributed by atoms with Gasteiger partial charge in [-0.25, -0.2) is 0 Å². The van der Waals surface area contributed by atoms with Gasteiger partial charge in [-0.1, -0.05) is 61.2 Å². The first-order chi connectivity index (χ1) is 14.6. The van der Waals surface area contributed by atoms with E-state index in [9.17, 15) is 9.59 Å². The monoisotopic (exact) mass is 426 g/mol. The number of hydrogen-bond acceptors (Lipinski definition) is 3. The molecule has 1 atom stereocenters. The van der Waals surface area contributed by atoms with Crippen molar-refractivity contribution in [1.82, 2.24) is 9.80 Å². The normalized spacial score (nSPS) is 20.5. The van der Waals surface area contributed by atoms with Gasteiger partial charge in [0.1, 0.15) is 18.3 Å². The minimum Gasteiger partial charge on any atom is -0.497 e. The molecule has 2 aromatic carbocycles. The maximum absolute atomic E-state index is 13.7. The van der Waals surface area contributed by atoms with Crippen LogP contribution in [0.1, 0.15) is 49.3 Å². The molecule has 1 unspecified atom stereocenters. The molecule has 0 spiro atoms. The highest BCUT2D eigenvalue weighted by Gasteiger charge is 2.43. The topological polar surface area (TPSA) is 49.9 Å². The van der Waals surface area contributed by atoms with Crippen LogP contribution in [0, 0.1) is 0 Å². The van der Waals surface area contributed by atoms with E-state index in [4.69, 9.17) is 16.3 Å². The average Bonchev–Trinajstić information content (AvgIpc) is 2.78. The number of piperazine rings is 1. The third-order valence-corrected chi connectivity index (χ3v) is 6.57. The fraction of sp³-hybridized carbons (Fsp3) is 0.417. The van der Waals surface area contributed by atoms with Gasteiger partial charge < -0.3 is 14.5 Å². The molecule has 0 radical (unpaired) electrons. The van der Waals surface area contributed by atoms with Crippen LogP contribution in [0.3, 0.4) is 0 Å². The van der Waals surface area contributed by atoms with Crippen LogP contribution >= 0.6 is 11.6 Å². The largest absolute Gasteiger partial charge is 0.497 e. The second kappa shape index (κ2) is 9.09. The summed E-state index contributed by atoms with van der Waals surface area (Å²) in [6.45, 7) is 0.445. The highest BCUT2D eigenvalue weighted by Crippen LogP contribution is 2.34. The van der Waals surface area contributed by atoms with Gasteiger partial charge in [0, 0.05) is 17.6 Å². The Bertz CT molecular complexity index is 909. The molecule has 0 aromatic heterocycles. The van der Waals surface area contributed by atoms with Crippen LogP contribution in [0.2, 0.25) is 5.02 Å². The smallest absolute Gasteiger partial charge is 0.250 e. The number of hydrogen-bond donors (Lipinski definition) is 0. The molecule has 2 aliphatic rings. The Kier molecular flexibility index (Phi) is 6.28. The predicted octanol–water partition coefficient (Wildman–Crippen LogP) is 4.59. The molecule has 1 heterocycles. The first-order valence-electron chi connectivity index (χ1n) is 10.6. The van der Waals surface area contributed by atoms with Crippen molar-refractivity contribution in [1.29, 1.82) is 0 Å². The maximum Gasteiger partial charge on any atom is 0.250 e. The van der Waals surface area contributed by atoms with Crippen molar-refractivity contribution in [2.75, 3.05) is 13.7 Å². The Morgan fingerprint density at radius 3 is 2.37 bits per heavy atom. The lowest BCUT2D eigenvalue weighted by atomic mass is 9.91. The van der Waals surface area contributed by atoms with Gasteiger partial charge >= 0.3 is 0 Å². The van der Waals surface area contributed by atoms with Crippen LogP contribution in [-0.4, -0.2) is 41.3 Å². The van der Waals surface area contributed by atoms with Crippen molar-refractivity contribution in [2.45, 2.75) is 50.7 Å². The number of carbonyl (C=O) groups excluding carboxylic acids is 2. The van der Waals surface area contributed by atoms with Crippen LogP contribution in [0.25, 0.3) is 0 Å². The van der Waals surface area contributed by atoms with Crippen LogP contribution in [0.15, 0.2) is 48.5 Å². The van der Waals surface area contributed by atoms with Crippen molar-refractivity contribution in [3.05, 3.63) is 64.7 Å². The minimum atomic E-state index is -0.657. The summed E-state index contributed by atoms with van der Waals surface area (Å²) in [6, 6.07) is 14.4. The second-order valence-corrected chi connectivity index (χ2v) is 8.45. The summed E-state index contributed by atoms with van der Waals surface area (Å²) in [4.78, 5) is 30.4. The SMILES string of the molecule is COc1ccc(C2C(=O)N(C3CCCCC3)CC(=O)N2Cc2ccccc2Cl)cc1. The maximum atomic E-state index is 13.7. The van der Waals surface area contributed by atoms with Gasteiger partial charge in [-0.3, -0.25) is 9.59 Å². The minimum absolute atomic E-state index is 0.00118. The molecular weight excluding hydrogens is 400 g/mol. The number of benzene rings is 2. The lowest BCUT2D eigenvalue weighted by Gasteiger charge is -2.44. The molecule has 0 N–H and O–H groups in total. The highest BCUT2D eigenvalue weighted by molar-refractivity contribution is 6.31. The molecule has 2 fully saturated rings. The molecule has 30 heavy (non-hydrogen) atoms. The summed E-state index contributed by atoms with van der Waals surface area (Å²) in [5.41, 5.74) is 1.63. The molecule has 1 saturated carbocycles. The Morgan fingerprint density at radius 2 is 1.70 bits per heavy atom. The summed E-state index contributed by atoms with van der Waals surface area (Å²) in [6.07, 6.45) is 5.36. The standard InChI is InChI=1S/C24H27ClN2O3/c1-30-20-13-11-17(12-14-20)23-24(29)26(19-8-3-2-4-9-19)16-22(28)27(23)15-18-7-5-6-10-21(18)25/h5-7,10-14,19,23H,2-4,8-9,15-16H2,1H3. The highest BCUT2D eigenvalue weighted by atomic mass is 35.5. The van der Waals surface area contributed by atoms with E-state index in [1.165, 1.54) is 6.42 Å². The Hall–Kier alpha value is -2.53. The predicted molar refractivity (Wildman–Crippen MR) is 116 cm³/mol. The number of halogens is 1. The van der Waals surface area contributed by atoms with Gasteiger partial charge in [0.15, 0.2) is 0 Å². The fourth-order valence-electron chi connectivity index (χ4n) is 4.55. The summed E-state index contributed by atoms with van der Waals surface area (Å²) < 4.78 is 5.27. The Balaban J connectivity index is 1.68. The Labute approximate surface area is 182 Å². The molecule has 158 valence electrons. The van der Waals surface area contributed by atoms with Gasteiger partial charge in [-0.2, -0.15) is 0 Å². The zero-order chi connectivity index (χ0) is 21.1. The number of methoxy groups -OCH3 is 1. The lowest BCUT2D eigenvalue weighted by molar-refractivity contribution is -0.160. The van der Waals surface area contributed by atoms with Gasteiger partial charge in [-0.05, 0) is 42.2 Å². The lowest BCUT2D eigenvalue weighted by Crippen LogP contribution is -2.58. The molecule has 4 rings (SSSR count). The number of rotatable bonds is 5. The molecule has 1 saturated heterocycles.